The second kappa shape index (κ2) is 25.5. The summed E-state index contributed by atoms with van der Waals surface area (Å²) in [5.41, 5.74) is -1.21. The highest BCUT2D eigenvalue weighted by Gasteiger charge is 2.41. The Morgan fingerprint density at radius 3 is 0.891 bits per heavy atom. The molecule has 0 radical (unpaired) electrons. The van der Waals surface area contributed by atoms with Crippen LogP contribution >= 0.6 is 0 Å². The molecule has 8 amide bonds. The molecular weight excluding hydrogens is 912 g/mol. The lowest BCUT2D eigenvalue weighted by molar-refractivity contribution is -0.173. The molecule has 19 nitrogen and oxygen atoms in total. The van der Waals surface area contributed by atoms with Crippen LogP contribution in [0.25, 0.3) is 0 Å². The molecule has 0 aromatic carbocycles. The quantitative estimate of drug-likeness (QED) is 0.0491. The maximum absolute atomic E-state index is 13.7. The van der Waals surface area contributed by atoms with Gasteiger partial charge in [0.1, 0.15) is 29.8 Å². The number of alkyl carbamates (subject to hydrolysis) is 1. The molecule has 0 aliphatic carbocycles. The number of ether oxygens (including phenoxy) is 1. The molecule has 0 rings (SSSR count). The number of amides is 8. The maximum atomic E-state index is 13.7. The number of carboxylic acid groups (broad SMARTS) is 1. The number of halogens is 12. The third-order valence-corrected chi connectivity index (χ3v) is 7.74. The van der Waals surface area contributed by atoms with Crippen molar-refractivity contribution in [2.24, 2.45) is 0 Å². The summed E-state index contributed by atoms with van der Waals surface area (Å²) in [6.45, 7) is 1.01. The van der Waals surface area contributed by atoms with Crippen LogP contribution in [0.5, 0.6) is 0 Å². The first kappa shape index (κ1) is 58.2. The fourth-order valence-corrected chi connectivity index (χ4v) is 4.76. The van der Waals surface area contributed by atoms with Crippen molar-refractivity contribution in [1.29, 1.82) is 0 Å². The monoisotopic (exact) mass is 958 g/mol. The summed E-state index contributed by atoms with van der Waals surface area (Å²) >= 11 is 0. The van der Waals surface area contributed by atoms with Gasteiger partial charge in [0, 0.05) is 26.2 Å². The lowest BCUT2D eigenvalue weighted by Crippen LogP contribution is -2.58. The zero-order valence-electron chi connectivity index (χ0n) is 33.9. The third kappa shape index (κ3) is 24.7. The summed E-state index contributed by atoms with van der Waals surface area (Å²) in [6, 6.07) is -7.77. The van der Waals surface area contributed by atoms with Gasteiger partial charge in [-0.1, -0.05) is 0 Å². The van der Waals surface area contributed by atoms with Crippen molar-refractivity contribution >= 4 is 53.4 Å². The number of carbonyl (C=O) groups excluding carboxylic acids is 8. The summed E-state index contributed by atoms with van der Waals surface area (Å²) in [6.07, 6.45) is -27.5. The molecule has 0 aliphatic rings. The Labute approximate surface area is 354 Å². The Kier molecular flexibility index (Phi) is 23.2. The molecule has 64 heavy (non-hydrogen) atoms. The average Bonchev–Trinajstić information content (AvgIpc) is 3.13. The summed E-state index contributed by atoms with van der Waals surface area (Å²) in [5.74, 6) is -15.6. The van der Waals surface area contributed by atoms with Crippen molar-refractivity contribution in [3.63, 3.8) is 0 Å². The Balaban J connectivity index is 6.62. The van der Waals surface area contributed by atoms with E-state index in [2.05, 4.69) is 10.6 Å². The van der Waals surface area contributed by atoms with Crippen LogP contribution in [0, 0.1) is 0 Å². The van der Waals surface area contributed by atoms with Crippen molar-refractivity contribution in [1.82, 2.24) is 42.5 Å². The minimum absolute atomic E-state index is 0.470. The van der Waals surface area contributed by atoms with Crippen molar-refractivity contribution in [2.45, 2.75) is 127 Å². The van der Waals surface area contributed by atoms with E-state index in [1.807, 2.05) is 10.6 Å². The third-order valence-electron chi connectivity index (χ3n) is 7.74. The Hall–Kier alpha value is -5.81. The van der Waals surface area contributed by atoms with Gasteiger partial charge in [-0.2, -0.15) is 52.7 Å². The highest BCUT2D eigenvalue weighted by atomic mass is 19.4. The van der Waals surface area contributed by atoms with Gasteiger partial charge in [-0.25, -0.2) is 9.59 Å². The molecule has 0 fully saturated rings. The molecule has 0 bridgehead atoms. The van der Waals surface area contributed by atoms with E-state index in [9.17, 15) is 101 Å². The normalized spacial score (nSPS) is 14.0. The van der Waals surface area contributed by atoms with Crippen LogP contribution in [0.3, 0.4) is 0 Å². The highest BCUT2D eigenvalue weighted by molar-refractivity contribution is 5.95. The number of carboxylic acids is 1. The second-order valence-corrected chi connectivity index (χ2v) is 14.3. The van der Waals surface area contributed by atoms with E-state index in [1.54, 1.807) is 0 Å². The Bertz CT molecular complexity index is 1640. The SMILES string of the molecule is CC(C)(C)OC(=O)NC(CCCNC(=O)C(F)(F)F)C(=O)NC(CCCNC(=O)C(F)(F)F)C(=O)NC(CCCNC(=O)C(F)(F)F)C(=O)NC(CCCNC(=O)C(F)(F)F)C(=O)O. The fraction of sp³-hybridized carbons (Fsp3) is 0.727. The predicted octanol–water partition coefficient (Wildman–Crippen LogP) is 1.25. The molecule has 4 atom stereocenters. The molecule has 0 aromatic heterocycles. The molecule has 0 saturated heterocycles. The van der Waals surface area contributed by atoms with Gasteiger partial charge in [0.05, 0.1) is 0 Å². The Morgan fingerprint density at radius 2 is 0.656 bits per heavy atom. The molecule has 0 aliphatic heterocycles. The van der Waals surface area contributed by atoms with Crippen LogP contribution < -0.4 is 42.5 Å². The number of alkyl halides is 12. The van der Waals surface area contributed by atoms with E-state index in [1.165, 1.54) is 42.0 Å². The molecular formula is C33H46F12N8O11. The van der Waals surface area contributed by atoms with Gasteiger partial charge in [-0.15, -0.1) is 0 Å². The molecule has 31 heteroatoms. The van der Waals surface area contributed by atoms with E-state index >= 15 is 0 Å². The molecule has 4 unspecified atom stereocenters. The van der Waals surface area contributed by atoms with Crippen molar-refractivity contribution in [2.75, 3.05) is 26.2 Å². The number of carbonyl (C=O) groups is 9. The zero-order chi connectivity index (χ0) is 49.9. The summed E-state index contributed by atoms with van der Waals surface area (Å²) in [4.78, 5) is 110. The van der Waals surface area contributed by atoms with Crippen LogP contribution in [0.1, 0.15) is 72.1 Å². The number of nitrogens with one attached hydrogen (secondary N) is 8. The topological polar surface area (TPSA) is 279 Å². The fourth-order valence-electron chi connectivity index (χ4n) is 4.76. The molecule has 0 saturated carbocycles. The molecule has 368 valence electrons. The molecule has 0 spiro atoms. The first-order valence-corrected chi connectivity index (χ1v) is 18.6. The molecule has 0 aromatic rings. The van der Waals surface area contributed by atoms with E-state index in [-0.39, 0.29) is 0 Å². The number of rotatable bonds is 24. The zero-order valence-corrected chi connectivity index (χ0v) is 33.9. The maximum Gasteiger partial charge on any atom is 0.471 e. The van der Waals surface area contributed by atoms with Crippen molar-refractivity contribution in [3.05, 3.63) is 0 Å². The largest absolute Gasteiger partial charge is 0.480 e. The van der Waals surface area contributed by atoms with Crippen LogP contribution in [-0.2, 0) is 43.1 Å². The first-order valence-electron chi connectivity index (χ1n) is 18.6. The number of hydrogen-bond donors (Lipinski definition) is 9. The lowest BCUT2D eigenvalue weighted by Gasteiger charge is -2.27. The standard InChI is InChI=1S/C33H46F12N8O11/c1-29(2,3)64-28(63)53-18(10-6-14-48-26(61)32(40,41)42)22(56)51-16(8-4-12-46-24(59)30(34,35)36)20(54)50-17(9-5-13-47-25(60)31(37,38)39)21(55)52-19(23(57)58)11-7-15-49-27(62)33(43,44)45/h16-19H,4-15H2,1-3H3,(H,46,59)(H,47,60)(H,48,61)(H,49,62)(H,50,54)(H,51,56)(H,52,55)(H,53,63)(H,57,58). The van der Waals surface area contributed by atoms with Gasteiger partial charge in [0.25, 0.3) is 0 Å². The van der Waals surface area contributed by atoms with E-state index in [4.69, 9.17) is 4.74 Å². The lowest BCUT2D eigenvalue weighted by atomic mass is 10.0. The van der Waals surface area contributed by atoms with Crippen LogP contribution in [0.15, 0.2) is 0 Å². The van der Waals surface area contributed by atoms with Gasteiger partial charge < -0.3 is 52.4 Å². The summed E-state index contributed by atoms with van der Waals surface area (Å²) in [7, 11) is 0. The van der Waals surface area contributed by atoms with Crippen LogP contribution in [0.4, 0.5) is 57.5 Å². The minimum atomic E-state index is -5.36. The number of aliphatic carboxylic acids is 1. The Morgan fingerprint density at radius 1 is 0.422 bits per heavy atom. The van der Waals surface area contributed by atoms with Crippen molar-refractivity contribution in [3.8, 4) is 0 Å². The van der Waals surface area contributed by atoms with E-state index in [0.29, 0.717) is 0 Å². The van der Waals surface area contributed by atoms with Gasteiger partial charge in [0.15, 0.2) is 0 Å². The van der Waals surface area contributed by atoms with Gasteiger partial charge >= 0.3 is 60.4 Å². The van der Waals surface area contributed by atoms with E-state index < -0.39 is 185 Å². The van der Waals surface area contributed by atoms with Gasteiger partial charge in [-0.05, 0) is 72.1 Å². The second-order valence-electron chi connectivity index (χ2n) is 14.3. The summed E-state index contributed by atoms with van der Waals surface area (Å²) < 4.78 is 157. The summed E-state index contributed by atoms with van der Waals surface area (Å²) in [5, 5.41) is 23.6. The average molecular weight is 959 g/mol. The molecule has 9 N–H and O–H groups in total. The molecule has 0 heterocycles. The van der Waals surface area contributed by atoms with Crippen LogP contribution in [0.2, 0.25) is 0 Å². The van der Waals surface area contributed by atoms with Gasteiger partial charge in [-0.3, -0.25) is 33.6 Å². The number of hydrogen-bond acceptors (Lipinski definition) is 10. The highest BCUT2D eigenvalue weighted by Crippen LogP contribution is 2.17. The van der Waals surface area contributed by atoms with Crippen LogP contribution in [-0.4, -0.2) is 139 Å². The smallest absolute Gasteiger partial charge is 0.471 e. The predicted molar refractivity (Wildman–Crippen MR) is 190 cm³/mol. The van der Waals surface area contributed by atoms with Gasteiger partial charge in [0.2, 0.25) is 17.7 Å². The first-order chi connectivity index (χ1) is 29.1. The van der Waals surface area contributed by atoms with E-state index in [0.717, 1.165) is 0 Å². The van der Waals surface area contributed by atoms with Crippen molar-refractivity contribution < 1.29 is 106 Å². The minimum Gasteiger partial charge on any atom is -0.480 e.